The van der Waals surface area contributed by atoms with Gasteiger partial charge in [-0.25, -0.2) is 0 Å². The minimum absolute atomic E-state index is 0.0673. The van der Waals surface area contributed by atoms with Crippen LogP contribution < -0.4 is 10.2 Å². The second-order valence-corrected chi connectivity index (χ2v) is 8.43. The van der Waals surface area contributed by atoms with Gasteiger partial charge in [0.25, 0.3) is 0 Å². The number of likely N-dealkylation sites (tertiary alicyclic amines) is 1. The van der Waals surface area contributed by atoms with E-state index in [1.165, 1.54) is 11.3 Å². The number of carbonyl (C=O) groups is 2. The number of anilines is 1. The lowest BCUT2D eigenvalue weighted by molar-refractivity contribution is -0.143. The average molecular weight is 370 g/mol. The van der Waals surface area contributed by atoms with Crippen molar-refractivity contribution in [2.24, 2.45) is 5.92 Å². The first-order valence-corrected chi connectivity index (χ1v) is 10.5. The first kappa shape index (κ1) is 18.3. The number of nitrogens with one attached hydrogen (secondary N) is 1. The van der Waals surface area contributed by atoms with Crippen molar-refractivity contribution >= 4 is 17.5 Å². The van der Waals surface area contributed by atoms with Crippen molar-refractivity contribution in [2.45, 2.75) is 64.0 Å². The SMILES string of the molecule is Cc1cccc(N2CCC(NC(=O)[C@H]3CCCCN3C(=O)C3CC3)CC2)c1. The van der Waals surface area contributed by atoms with E-state index in [0.717, 1.165) is 64.6 Å². The van der Waals surface area contributed by atoms with Crippen LogP contribution in [-0.4, -0.2) is 48.4 Å². The normalized spacial score (nSPS) is 24.0. The maximum Gasteiger partial charge on any atom is 0.243 e. The van der Waals surface area contributed by atoms with Crippen LogP contribution in [0.15, 0.2) is 24.3 Å². The lowest BCUT2D eigenvalue weighted by Crippen LogP contribution is -2.55. The van der Waals surface area contributed by atoms with Gasteiger partial charge in [0.15, 0.2) is 0 Å². The fourth-order valence-electron chi connectivity index (χ4n) is 4.44. The highest BCUT2D eigenvalue weighted by Gasteiger charge is 2.40. The van der Waals surface area contributed by atoms with Gasteiger partial charge in [-0.1, -0.05) is 12.1 Å². The van der Waals surface area contributed by atoms with E-state index in [2.05, 4.69) is 41.4 Å². The monoisotopic (exact) mass is 369 g/mol. The predicted octanol–water partition coefficient (Wildman–Crippen LogP) is 2.87. The molecule has 1 saturated carbocycles. The predicted molar refractivity (Wildman–Crippen MR) is 107 cm³/mol. The van der Waals surface area contributed by atoms with E-state index < -0.39 is 0 Å². The van der Waals surface area contributed by atoms with Crippen molar-refractivity contribution in [3.63, 3.8) is 0 Å². The summed E-state index contributed by atoms with van der Waals surface area (Å²) < 4.78 is 0. The van der Waals surface area contributed by atoms with Crippen molar-refractivity contribution in [1.82, 2.24) is 10.2 Å². The van der Waals surface area contributed by atoms with Gasteiger partial charge in [-0.2, -0.15) is 0 Å². The lowest BCUT2D eigenvalue weighted by Gasteiger charge is -2.38. The van der Waals surface area contributed by atoms with E-state index in [1.54, 1.807) is 0 Å². The highest BCUT2D eigenvalue weighted by atomic mass is 16.2. The minimum Gasteiger partial charge on any atom is -0.371 e. The summed E-state index contributed by atoms with van der Waals surface area (Å²) in [5, 5.41) is 3.26. The van der Waals surface area contributed by atoms with E-state index in [-0.39, 0.29) is 29.8 Å². The van der Waals surface area contributed by atoms with Crippen LogP contribution in [0.3, 0.4) is 0 Å². The number of piperidine rings is 2. The Morgan fingerprint density at radius 3 is 2.48 bits per heavy atom. The largest absolute Gasteiger partial charge is 0.371 e. The number of hydrogen-bond donors (Lipinski definition) is 1. The fraction of sp³-hybridized carbons (Fsp3) is 0.636. The summed E-state index contributed by atoms with van der Waals surface area (Å²) >= 11 is 0. The van der Waals surface area contributed by atoms with Gasteiger partial charge >= 0.3 is 0 Å². The molecule has 2 heterocycles. The first-order chi connectivity index (χ1) is 13.1. The molecule has 5 heteroatoms. The molecule has 2 aliphatic heterocycles. The Morgan fingerprint density at radius 2 is 1.78 bits per heavy atom. The van der Waals surface area contributed by atoms with Crippen LogP contribution in [0, 0.1) is 12.8 Å². The molecule has 27 heavy (non-hydrogen) atoms. The number of aryl methyl sites for hydroxylation is 1. The fourth-order valence-corrected chi connectivity index (χ4v) is 4.44. The molecule has 2 amide bonds. The molecular weight excluding hydrogens is 338 g/mol. The molecule has 0 aromatic heterocycles. The summed E-state index contributed by atoms with van der Waals surface area (Å²) in [6.45, 7) is 4.79. The van der Waals surface area contributed by atoms with Crippen molar-refractivity contribution < 1.29 is 9.59 Å². The summed E-state index contributed by atoms with van der Waals surface area (Å²) in [4.78, 5) is 29.7. The van der Waals surface area contributed by atoms with Crippen LogP contribution in [0.25, 0.3) is 0 Å². The third-order valence-electron chi connectivity index (χ3n) is 6.22. The molecule has 1 atom stereocenters. The van der Waals surface area contributed by atoms with Gasteiger partial charge in [-0.3, -0.25) is 9.59 Å². The van der Waals surface area contributed by atoms with Gasteiger partial charge < -0.3 is 15.1 Å². The summed E-state index contributed by atoms with van der Waals surface area (Å²) in [6.07, 6.45) is 6.80. The number of nitrogens with zero attached hydrogens (tertiary/aromatic N) is 2. The van der Waals surface area contributed by atoms with Crippen molar-refractivity contribution in [2.75, 3.05) is 24.5 Å². The van der Waals surface area contributed by atoms with Crippen molar-refractivity contribution in [3.05, 3.63) is 29.8 Å². The number of rotatable bonds is 4. The summed E-state index contributed by atoms with van der Waals surface area (Å²) in [5.41, 5.74) is 2.55. The van der Waals surface area contributed by atoms with Gasteiger partial charge in [0.2, 0.25) is 11.8 Å². The molecule has 1 aromatic carbocycles. The molecule has 2 saturated heterocycles. The molecule has 1 N–H and O–H groups in total. The third kappa shape index (κ3) is 4.28. The molecule has 1 aliphatic carbocycles. The summed E-state index contributed by atoms with van der Waals surface area (Å²) in [5.74, 6) is 0.470. The maximum atomic E-state index is 12.9. The Labute approximate surface area is 162 Å². The Morgan fingerprint density at radius 1 is 1.00 bits per heavy atom. The molecule has 3 fully saturated rings. The molecule has 5 nitrogen and oxygen atoms in total. The molecule has 0 spiro atoms. The van der Waals surface area contributed by atoms with Crippen LogP contribution in [0.4, 0.5) is 5.69 Å². The average Bonchev–Trinajstić information content (AvgIpc) is 3.53. The van der Waals surface area contributed by atoms with E-state index >= 15 is 0 Å². The van der Waals surface area contributed by atoms with Gasteiger partial charge in [-0.15, -0.1) is 0 Å². The minimum atomic E-state index is -0.248. The second kappa shape index (κ2) is 7.91. The molecule has 1 aromatic rings. The third-order valence-corrected chi connectivity index (χ3v) is 6.22. The number of hydrogen-bond acceptors (Lipinski definition) is 3. The van der Waals surface area contributed by atoms with E-state index in [1.807, 2.05) is 4.90 Å². The van der Waals surface area contributed by atoms with Crippen LogP contribution in [0.1, 0.15) is 50.5 Å². The Bertz CT molecular complexity index is 693. The molecule has 0 bridgehead atoms. The van der Waals surface area contributed by atoms with Gasteiger partial charge in [-0.05, 0) is 69.6 Å². The van der Waals surface area contributed by atoms with E-state index in [4.69, 9.17) is 0 Å². The Hall–Kier alpha value is -2.04. The zero-order valence-electron chi connectivity index (χ0n) is 16.3. The van der Waals surface area contributed by atoms with Crippen LogP contribution >= 0.6 is 0 Å². The number of benzene rings is 1. The smallest absolute Gasteiger partial charge is 0.243 e. The van der Waals surface area contributed by atoms with Crippen LogP contribution in [0.2, 0.25) is 0 Å². The van der Waals surface area contributed by atoms with Gasteiger partial charge in [0.05, 0.1) is 0 Å². The molecule has 3 aliphatic rings. The summed E-state index contributed by atoms with van der Waals surface area (Å²) in [6, 6.07) is 8.58. The second-order valence-electron chi connectivity index (χ2n) is 8.43. The highest BCUT2D eigenvalue weighted by Crippen LogP contribution is 2.33. The van der Waals surface area contributed by atoms with Crippen LogP contribution in [0.5, 0.6) is 0 Å². The molecular formula is C22H31N3O2. The topological polar surface area (TPSA) is 52.7 Å². The highest BCUT2D eigenvalue weighted by molar-refractivity contribution is 5.89. The van der Waals surface area contributed by atoms with Gasteiger partial charge in [0, 0.05) is 37.3 Å². The Balaban J connectivity index is 1.31. The standard InChI is InChI=1S/C22H31N3O2/c1-16-5-4-6-19(15-16)24-13-10-18(11-14-24)23-21(26)20-7-2-3-12-25(20)22(27)17-8-9-17/h4-6,15,17-18,20H,2-3,7-14H2,1H3,(H,23,26)/t20-/m1/s1. The lowest BCUT2D eigenvalue weighted by atomic mass is 9.98. The molecule has 4 rings (SSSR count). The van der Waals surface area contributed by atoms with Crippen molar-refractivity contribution in [1.29, 1.82) is 0 Å². The Kier molecular flexibility index (Phi) is 5.37. The number of amides is 2. The zero-order chi connectivity index (χ0) is 18.8. The van der Waals surface area contributed by atoms with Gasteiger partial charge in [0.1, 0.15) is 6.04 Å². The van der Waals surface area contributed by atoms with E-state index in [9.17, 15) is 9.59 Å². The van der Waals surface area contributed by atoms with Crippen LogP contribution in [-0.2, 0) is 9.59 Å². The molecule has 146 valence electrons. The zero-order valence-corrected chi connectivity index (χ0v) is 16.3. The van der Waals surface area contributed by atoms with Crippen molar-refractivity contribution in [3.8, 4) is 0 Å². The maximum absolute atomic E-state index is 12.9. The van der Waals surface area contributed by atoms with E-state index in [0.29, 0.717) is 0 Å². The molecule has 0 radical (unpaired) electrons. The quantitative estimate of drug-likeness (QED) is 0.888. The first-order valence-electron chi connectivity index (χ1n) is 10.5. The summed E-state index contributed by atoms with van der Waals surface area (Å²) in [7, 11) is 0. The number of carbonyl (C=O) groups excluding carboxylic acids is 2. The molecule has 0 unspecified atom stereocenters.